The Balaban J connectivity index is 3.09. The third-order valence-corrected chi connectivity index (χ3v) is 2.82. The van der Waals surface area contributed by atoms with Crippen molar-refractivity contribution in [3.8, 4) is 0 Å². The van der Waals surface area contributed by atoms with E-state index in [4.69, 9.17) is 5.11 Å². The Morgan fingerprint density at radius 3 is 2.00 bits per heavy atom. The fraction of sp³-hybridized carbons (Fsp3) is 1.00. The number of rotatable bonds is 12. The van der Waals surface area contributed by atoms with Gasteiger partial charge >= 0.3 is 0 Å². The van der Waals surface area contributed by atoms with E-state index in [-0.39, 0.29) is 0 Å². The van der Waals surface area contributed by atoms with Gasteiger partial charge in [-0.25, -0.2) is 8.78 Å². The Labute approximate surface area is 104 Å². The zero-order valence-corrected chi connectivity index (χ0v) is 11.0. The van der Waals surface area contributed by atoms with E-state index in [0.717, 1.165) is 12.8 Å². The molecule has 0 aliphatic rings. The number of nitrogens with one attached hydrogen (secondary N) is 1. The normalized spacial score (nSPS) is 12.0. The third-order valence-electron chi connectivity index (χ3n) is 2.82. The minimum atomic E-state index is -2.97. The highest BCUT2D eigenvalue weighted by atomic mass is 19.3. The van der Waals surface area contributed by atoms with Crippen molar-refractivity contribution in [1.29, 1.82) is 0 Å². The molecule has 0 atom stereocenters. The SMILES string of the molecule is CCCCCCCCCCNCC(F)(F)CO. The van der Waals surface area contributed by atoms with Crippen LogP contribution in [0.4, 0.5) is 8.78 Å². The molecule has 0 saturated heterocycles. The molecule has 2 nitrogen and oxygen atoms in total. The van der Waals surface area contributed by atoms with Crippen LogP contribution in [-0.4, -0.2) is 30.7 Å². The maximum Gasteiger partial charge on any atom is 0.282 e. The average molecular weight is 251 g/mol. The second kappa shape index (κ2) is 10.9. The molecule has 2 N–H and O–H groups in total. The lowest BCUT2D eigenvalue weighted by Crippen LogP contribution is -2.36. The molecule has 0 spiro atoms. The second-order valence-corrected chi connectivity index (χ2v) is 4.67. The largest absolute Gasteiger partial charge is 0.390 e. The highest BCUT2D eigenvalue weighted by molar-refractivity contribution is 4.67. The van der Waals surface area contributed by atoms with Gasteiger partial charge in [0.05, 0.1) is 6.54 Å². The van der Waals surface area contributed by atoms with Gasteiger partial charge in [-0.1, -0.05) is 51.9 Å². The molecule has 0 radical (unpaired) electrons. The van der Waals surface area contributed by atoms with Gasteiger partial charge in [0.1, 0.15) is 6.61 Å². The molecule has 0 saturated carbocycles. The van der Waals surface area contributed by atoms with Gasteiger partial charge in [-0.2, -0.15) is 0 Å². The summed E-state index contributed by atoms with van der Waals surface area (Å²) in [5.74, 6) is -2.97. The van der Waals surface area contributed by atoms with E-state index in [1.54, 1.807) is 0 Å². The van der Waals surface area contributed by atoms with Crippen molar-refractivity contribution in [1.82, 2.24) is 5.32 Å². The van der Waals surface area contributed by atoms with E-state index >= 15 is 0 Å². The maximum absolute atomic E-state index is 12.6. The Kier molecular flexibility index (Phi) is 10.8. The minimum Gasteiger partial charge on any atom is -0.390 e. The molecule has 0 aromatic heterocycles. The fourth-order valence-electron chi connectivity index (χ4n) is 1.71. The Morgan fingerprint density at radius 2 is 1.47 bits per heavy atom. The number of aliphatic hydroxyl groups excluding tert-OH is 1. The molecule has 0 bridgehead atoms. The third kappa shape index (κ3) is 12.0. The number of alkyl halides is 2. The smallest absolute Gasteiger partial charge is 0.282 e. The summed E-state index contributed by atoms with van der Waals surface area (Å²) in [5, 5.41) is 11.0. The standard InChI is InChI=1S/C13H27F2NO/c1-2-3-4-5-6-7-8-9-10-16-11-13(14,15)12-17/h16-17H,2-12H2,1H3. The first kappa shape index (κ1) is 16.8. The van der Waals surface area contributed by atoms with Crippen LogP contribution in [0.5, 0.6) is 0 Å². The number of halogens is 2. The Bertz CT molecular complexity index is 165. The van der Waals surface area contributed by atoms with Crippen LogP contribution in [0.1, 0.15) is 58.3 Å². The number of aliphatic hydroxyl groups is 1. The lowest BCUT2D eigenvalue weighted by atomic mass is 10.1. The predicted molar refractivity (Wildman–Crippen MR) is 67.5 cm³/mol. The summed E-state index contributed by atoms with van der Waals surface area (Å²) >= 11 is 0. The van der Waals surface area contributed by atoms with Crippen molar-refractivity contribution in [2.24, 2.45) is 0 Å². The van der Waals surface area contributed by atoms with Crippen LogP contribution in [0.25, 0.3) is 0 Å². The molecule has 0 amide bonds. The van der Waals surface area contributed by atoms with E-state index in [0.29, 0.717) is 6.54 Å². The van der Waals surface area contributed by atoms with Gasteiger partial charge in [-0.05, 0) is 13.0 Å². The van der Waals surface area contributed by atoms with Crippen LogP contribution >= 0.6 is 0 Å². The quantitative estimate of drug-likeness (QED) is 0.521. The van der Waals surface area contributed by atoms with Gasteiger partial charge in [-0.15, -0.1) is 0 Å². The van der Waals surface area contributed by atoms with Crippen molar-refractivity contribution in [3.05, 3.63) is 0 Å². The van der Waals surface area contributed by atoms with Gasteiger partial charge in [0.15, 0.2) is 0 Å². The summed E-state index contributed by atoms with van der Waals surface area (Å²) in [6.07, 6.45) is 9.69. The lowest BCUT2D eigenvalue weighted by Gasteiger charge is -2.13. The molecule has 0 aromatic rings. The highest BCUT2D eigenvalue weighted by Gasteiger charge is 2.26. The van der Waals surface area contributed by atoms with Crippen LogP contribution in [0.2, 0.25) is 0 Å². The van der Waals surface area contributed by atoms with Crippen LogP contribution < -0.4 is 5.32 Å². The predicted octanol–water partition coefficient (Wildman–Crippen LogP) is 3.34. The molecule has 4 heteroatoms. The molecule has 0 rings (SSSR count). The van der Waals surface area contributed by atoms with Crippen molar-refractivity contribution in [2.75, 3.05) is 19.7 Å². The summed E-state index contributed by atoms with van der Waals surface area (Å²) in [7, 11) is 0. The summed E-state index contributed by atoms with van der Waals surface area (Å²) in [5.41, 5.74) is 0. The number of unbranched alkanes of at least 4 members (excludes halogenated alkanes) is 7. The fourth-order valence-corrected chi connectivity index (χ4v) is 1.71. The topological polar surface area (TPSA) is 32.3 Å². The van der Waals surface area contributed by atoms with Crippen LogP contribution in [0.15, 0.2) is 0 Å². The second-order valence-electron chi connectivity index (χ2n) is 4.67. The minimum absolute atomic E-state index is 0.417. The van der Waals surface area contributed by atoms with E-state index in [2.05, 4.69) is 12.2 Å². The van der Waals surface area contributed by atoms with Crippen LogP contribution in [0.3, 0.4) is 0 Å². The molecule has 0 heterocycles. The van der Waals surface area contributed by atoms with Crippen LogP contribution in [0, 0.1) is 0 Å². The first-order valence-electron chi connectivity index (χ1n) is 6.82. The molecule has 104 valence electrons. The Hall–Kier alpha value is -0.220. The molecule has 0 aliphatic heterocycles. The van der Waals surface area contributed by atoms with Gasteiger partial charge in [0, 0.05) is 0 Å². The zero-order chi connectivity index (χ0) is 13.0. The van der Waals surface area contributed by atoms with Gasteiger partial charge in [0.2, 0.25) is 0 Å². The molecule has 0 aliphatic carbocycles. The average Bonchev–Trinajstić information content (AvgIpc) is 2.31. The molecular formula is C13H27F2NO. The monoisotopic (exact) mass is 251 g/mol. The van der Waals surface area contributed by atoms with Gasteiger partial charge in [0.25, 0.3) is 5.92 Å². The van der Waals surface area contributed by atoms with E-state index in [9.17, 15) is 8.78 Å². The van der Waals surface area contributed by atoms with Crippen LogP contribution in [-0.2, 0) is 0 Å². The summed E-state index contributed by atoms with van der Waals surface area (Å²) in [6, 6.07) is 0. The first-order chi connectivity index (χ1) is 8.12. The lowest BCUT2D eigenvalue weighted by molar-refractivity contribution is -0.0474. The van der Waals surface area contributed by atoms with E-state index in [1.165, 1.54) is 38.5 Å². The summed E-state index contributed by atoms with van der Waals surface area (Å²) in [4.78, 5) is 0. The molecule has 0 unspecified atom stereocenters. The van der Waals surface area contributed by atoms with Gasteiger partial charge < -0.3 is 10.4 Å². The maximum atomic E-state index is 12.6. The first-order valence-corrected chi connectivity index (χ1v) is 6.82. The van der Waals surface area contributed by atoms with E-state index < -0.39 is 19.1 Å². The zero-order valence-electron chi connectivity index (χ0n) is 11.0. The highest BCUT2D eigenvalue weighted by Crippen LogP contribution is 2.10. The van der Waals surface area contributed by atoms with Crippen molar-refractivity contribution in [3.63, 3.8) is 0 Å². The van der Waals surface area contributed by atoms with Crippen molar-refractivity contribution >= 4 is 0 Å². The summed E-state index contributed by atoms with van der Waals surface area (Å²) in [6.45, 7) is 1.33. The molecular weight excluding hydrogens is 224 g/mol. The van der Waals surface area contributed by atoms with Gasteiger partial charge in [-0.3, -0.25) is 0 Å². The molecule has 0 fully saturated rings. The number of hydrogen-bond donors (Lipinski definition) is 2. The van der Waals surface area contributed by atoms with Crippen molar-refractivity contribution in [2.45, 2.75) is 64.2 Å². The Morgan fingerprint density at radius 1 is 0.941 bits per heavy atom. The van der Waals surface area contributed by atoms with E-state index in [1.807, 2.05) is 0 Å². The molecule has 0 aromatic carbocycles. The number of hydrogen-bond acceptors (Lipinski definition) is 2. The molecule has 17 heavy (non-hydrogen) atoms. The van der Waals surface area contributed by atoms with Crippen molar-refractivity contribution < 1.29 is 13.9 Å². The summed E-state index contributed by atoms with van der Waals surface area (Å²) < 4.78 is 25.2.